The molecule has 3 aliphatic heterocycles. The fraction of sp³-hybridized carbons (Fsp3) is 0.478. The molecule has 2 fully saturated rings. The lowest BCUT2D eigenvalue weighted by molar-refractivity contribution is -0.128. The summed E-state index contributed by atoms with van der Waals surface area (Å²) in [5.41, 5.74) is 2.78. The molecule has 0 spiro atoms. The van der Waals surface area contributed by atoms with Crippen molar-refractivity contribution in [1.29, 1.82) is 0 Å². The van der Waals surface area contributed by atoms with Crippen LogP contribution in [-0.4, -0.2) is 70.4 Å². The van der Waals surface area contributed by atoms with Crippen molar-refractivity contribution in [2.75, 3.05) is 42.8 Å². The van der Waals surface area contributed by atoms with Crippen molar-refractivity contribution in [1.82, 2.24) is 19.9 Å². The standard InChI is InChI=1S/C23H26N6O3/c1-14-19-16(3-6-24-19)17(11-25-14)20-26-12-18-21(27-20)28-7-10-32-13-23(28,2)22(30)29(18)15-4-8-31-9-5-15/h3,6,11-12,15,24H,4-5,7-10,13H2,1-2H3/t23-/m0/s1. The van der Waals surface area contributed by atoms with E-state index in [0.29, 0.717) is 38.8 Å². The molecule has 9 nitrogen and oxygen atoms in total. The second-order valence-corrected chi connectivity index (χ2v) is 8.92. The number of aryl methyl sites for hydroxylation is 1. The second-order valence-electron chi connectivity index (χ2n) is 8.92. The molecule has 3 aromatic rings. The van der Waals surface area contributed by atoms with E-state index in [0.717, 1.165) is 46.5 Å². The van der Waals surface area contributed by atoms with E-state index < -0.39 is 5.54 Å². The number of amides is 1. The number of pyridine rings is 1. The van der Waals surface area contributed by atoms with Crippen LogP contribution in [0, 0.1) is 6.92 Å². The highest BCUT2D eigenvalue weighted by Crippen LogP contribution is 2.43. The average molecular weight is 435 g/mol. The summed E-state index contributed by atoms with van der Waals surface area (Å²) in [7, 11) is 0. The monoisotopic (exact) mass is 434 g/mol. The van der Waals surface area contributed by atoms with Crippen molar-refractivity contribution in [3.8, 4) is 11.4 Å². The second kappa shape index (κ2) is 7.25. The normalized spacial score (nSPS) is 24.0. The summed E-state index contributed by atoms with van der Waals surface area (Å²) in [5.74, 6) is 1.45. The van der Waals surface area contributed by atoms with Crippen LogP contribution in [0.4, 0.5) is 11.5 Å². The Kier molecular flexibility index (Phi) is 4.44. The van der Waals surface area contributed by atoms with Gasteiger partial charge in [-0.25, -0.2) is 9.97 Å². The minimum atomic E-state index is -0.788. The van der Waals surface area contributed by atoms with E-state index in [1.165, 1.54) is 0 Å². The lowest BCUT2D eigenvalue weighted by Crippen LogP contribution is -2.69. The largest absolute Gasteiger partial charge is 0.381 e. The molecule has 2 saturated heterocycles. The number of carbonyl (C=O) groups excluding carboxylic acids is 1. The number of H-pyrrole nitrogens is 1. The zero-order valence-corrected chi connectivity index (χ0v) is 18.3. The fourth-order valence-electron chi connectivity index (χ4n) is 5.17. The van der Waals surface area contributed by atoms with Gasteiger partial charge in [0.2, 0.25) is 0 Å². The van der Waals surface area contributed by atoms with Gasteiger partial charge in [-0.1, -0.05) is 0 Å². The maximum atomic E-state index is 13.8. The number of hydrogen-bond acceptors (Lipinski definition) is 7. The van der Waals surface area contributed by atoms with Crippen LogP contribution in [0.25, 0.3) is 22.3 Å². The molecule has 6 rings (SSSR count). The van der Waals surface area contributed by atoms with Crippen molar-refractivity contribution >= 4 is 28.3 Å². The molecule has 0 radical (unpaired) electrons. The number of nitrogens with one attached hydrogen (secondary N) is 1. The molecule has 32 heavy (non-hydrogen) atoms. The van der Waals surface area contributed by atoms with Crippen LogP contribution in [0.3, 0.4) is 0 Å². The number of carbonyl (C=O) groups is 1. The van der Waals surface area contributed by atoms with Gasteiger partial charge < -0.3 is 24.3 Å². The molecule has 0 unspecified atom stereocenters. The quantitative estimate of drug-likeness (QED) is 0.662. The van der Waals surface area contributed by atoms with E-state index in [1.807, 2.05) is 37.2 Å². The fourth-order valence-corrected chi connectivity index (χ4v) is 5.17. The molecule has 0 bridgehead atoms. The molecule has 1 amide bonds. The lowest BCUT2D eigenvalue weighted by atomic mass is 9.91. The molecule has 3 aliphatic rings. The SMILES string of the molecule is Cc1ncc(-c2ncc3c(n2)N2CCOC[C@@]2(C)C(=O)N3C2CCOCC2)c2cc[nH]c12. The summed E-state index contributed by atoms with van der Waals surface area (Å²) in [6.45, 7) is 6.76. The number of hydrogen-bond donors (Lipinski definition) is 1. The molecule has 1 N–H and O–H groups in total. The van der Waals surface area contributed by atoms with Crippen LogP contribution in [0.1, 0.15) is 25.5 Å². The Bertz CT molecular complexity index is 1200. The average Bonchev–Trinajstić information content (AvgIpc) is 3.31. The van der Waals surface area contributed by atoms with Crippen LogP contribution in [0.5, 0.6) is 0 Å². The highest BCUT2D eigenvalue weighted by atomic mass is 16.5. The first kappa shape index (κ1) is 19.6. The summed E-state index contributed by atoms with van der Waals surface area (Å²) in [4.78, 5) is 35.3. The zero-order chi connectivity index (χ0) is 21.9. The maximum Gasteiger partial charge on any atom is 0.255 e. The molecule has 6 heterocycles. The van der Waals surface area contributed by atoms with Gasteiger partial charge in [-0.15, -0.1) is 0 Å². The van der Waals surface area contributed by atoms with Crippen LogP contribution >= 0.6 is 0 Å². The predicted octanol–water partition coefficient (Wildman–Crippen LogP) is 2.45. The van der Waals surface area contributed by atoms with Crippen LogP contribution < -0.4 is 9.80 Å². The Labute approximate surface area is 185 Å². The van der Waals surface area contributed by atoms with Gasteiger partial charge in [-0.3, -0.25) is 9.78 Å². The molecule has 0 saturated carbocycles. The number of anilines is 2. The number of nitrogens with zero attached hydrogens (tertiary/aromatic N) is 5. The van der Waals surface area contributed by atoms with Crippen molar-refractivity contribution in [3.05, 3.63) is 30.4 Å². The van der Waals surface area contributed by atoms with Gasteiger partial charge in [-0.05, 0) is 32.8 Å². The minimum absolute atomic E-state index is 0.0537. The zero-order valence-electron chi connectivity index (χ0n) is 18.3. The summed E-state index contributed by atoms with van der Waals surface area (Å²) >= 11 is 0. The number of rotatable bonds is 2. The maximum absolute atomic E-state index is 13.8. The van der Waals surface area contributed by atoms with E-state index in [1.54, 1.807) is 6.20 Å². The Morgan fingerprint density at radius 3 is 2.84 bits per heavy atom. The molecule has 0 aromatic carbocycles. The first-order valence-corrected chi connectivity index (χ1v) is 11.1. The minimum Gasteiger partial charge on any atom is -0.381 e. The van der Waals surface area contributed by atoms with Gasteiger partial charge in [0.15, 0.2) is 11.6 Å². The predicted molar refractivity (Wildman–Crippen MR) is 120 cm³/mol. The molecule has 166 valence electrons. The third kappa shape index (κ3) is 2.77. The van der Waals surface area contributed by atoms with E-state index in [2.05, 4.69) is 14.9 Å². The van der Waals surface area contributed by atoms with Gasteiger partial charge in [0.25, 0.3) is 5.91 Å². The van der Waals surface area contributed by atoms with Crippen LogP contribution in [0.15, 0.2) is 24.7 Å². The summed E-state index contributed by atoms with van der Waals surface area (Å²) in [5, 5.41) is 1.04. The third-order valence-electron chi connectivity index (χ3n) is 6.97. The Morgan fingerprint density at radius 2 is 2.00 bits per heavy atom. The lowest BCUT2D eigenvalue weighted by Gasteiger charge is -2.52. The topological polar surface area (TPSA) is 96.5 Å². The molecular formula is C23H26N6O3. The van der Waals surface area contributed by atoms with Gasteiger partial charge in [0, 0.05) is 49.1 Å². The molecule has 0 aliphatic carbocycles. The van der Waals surface area contributed by atoms with Crippen molar-refractivity contribution < 1.29 is 14.3 Å². The summed E-state index contributed by atoms with van der Waals surface area (Å²) < 4.78 is 11.3. The molecule has 1 atom stereocenters. The summed E-state index contributed by atoms with van der Waals surface area (Å²) in [6, 6.07) is 2.10. The highest BCUT2D eigenvalue weighted by Gasteiger charge is 2.52. The number of morpholine rings is 1. The van der Waals surface area contributed by atoms with Crippen molar-refractivity contribution in [2.45, 2.75) is 38.3 Å². The summed E-state index contributed by atoms with van der Waals surface area (Å²) in [6.07, 6.45) is 7.14. The first-order chi connectivity index (χ1) is 15.6. The Hall–Kier alpha value is -3.04. The van der Waals surface area contributed by atoms with Gasteiger partial charge in [0.05, 0.1) is 30.6 Å². The van der Waals surface area contributed by atoms with Crippen LogP contribution in [0.2, 0.25) is 0 Å². The van der Waals surface area contributed by atoms with Gasteiger partial charge in [-0.2, -0.15) is 0 Å². The number of ether oxygens (including phenoxy) is 2. The van der Waals surface area contributed by atoms with E-state index in [4.69, 9.17) is 19.4 Å². The van der Waals surface area contributed by atoms with Gasteiger partial charge >= 0.3 is 0 Å². The number of aromatic nitrogens is 4. The van der Waals surface area contributed by atoms with Crippen molar-refractivity contribution in [2.24, 2.45) is 0 Å². The first-order valence-electron chi connectivity index (χ1n) is 11.1. The van der Waals surface area contributed by atoms with E-state index in [9.17, 15) is 4.79 Å². The smallest absolute Gasteiger partial charge is 0.255 e. The number of aromatic amines is 1. The van der Waals surface area contributed by atoms with Gasteiger partial charge in [0.1, 0.15) is 11.2 Å². The number of fused-ring (bicyclic) bond motifs is 4. The van der Waals surface area contributed by atoms with E-state index in [-0.39, 0.29) is 11.9 Å². The third-order valence-corrected chi connectivity index (χ3v) is 6.97. The van der Waals surface area contributed by atoms with Crippen LogP contribution in [-0.2, 0) is 14.3 Å². The Morgan fingerprint density at radius 1 is 1.16 bits per heavy atom. The highest BCUT2D eigenvalue weighted by molar-refractivity contribution is 6.08. The molecule has 9 heteroatoms. The Balaban J connectivity index is 1.52. The molecular weight excluding hydrogens is 408 g/mol. The van der Waals surface area contributed by atoms with Crippen molar-refractivity contribution in [3.63, 3.8) is 0 Å². The van der Waals surface area contributed by atoms with E-state index >= 15 is 0 Å². The molecule has 3 aromatic heterocycles.